The Balaban J connectivity index is 0.922. The quantitative estimate of drug-likeness (QED) is 0.147. The fourth-order valence-corrected chi connectivity index (χ4v) is 12.7. The van der Waals surface area contributed by atoms with Crippen LogP contribution < -0.4 is 4.90 Å². The molecule has 1 aliphatic carbocycles. The van der Waals surface area contributed by atoms with E-state index in [0.29, 0.717) is 0 Å². The summed E-state index contributed by atoms with van der Waals surface area (Å²) in [5.74, 6) is 0. The summed E-state index contributed by atoms with van der Waals surface area (Å²) in [6.45, 7) is 0. The molecule has 1 aliphatic heterocycles. The van der Waals surface area contributed by atoms with E-state index in [1.807, 2.05) is 0 Å². The maximum atomic E-state index is 2.52. The first-order chi connectivity index (χ1) is 37.2. The standard InChI is InChI=1S/C73H48N2/c1-3-19-49(20-4-1)51-37-41-53(42-38-51)58-25-8-13-33-68(58)74(69-34-14-9-26-59(69)54-43-39-52(40-44-54)50-21-5-2-6-22-50)57-24-17-23-55(47-57)56-45-46-61-60-27-7-11-30-64(60)73(67(61)48-56)65-31-12-16-36-71(65)75-70-35-15-10-28-62(70)63-29-18-32-66(73)72(63)75/h1-48H. The molecule has 13 aromatic rings. The number of rotatable bonds is 8. The molecule has 12 aromatic carbocycles. The van der Waals surface area contributed by atoms with Crippen LogP contribution >= 0.6 is 0 Å². The third kappa shape index (κ3) is 6.60. The molecule has 1 unspecified atom stereocenters. The van der Waals surface area contributed by atoms with Crippen molar-refractivity contribution in [2.24, 2.45) is 0 Å². The first-order valence-corrected chi connectivity index (χ1v) is 26.0. The van der Waals surface area contributed by atoms with E-state index in [1.54, 1.807) is 0 Å². The molecule has 0 amide bonds. The average Bonchev–Trinajstić information content (AvgIpc) is 4.23. The Morgan fingerprint density at radius 1 is 0.267 bits per heavy atom. The van der Waals surface area contributed by atoms with Crippen LogP contribution in [0.1, 0.15) is 22.3 Å². The molecule has 1 spiro atoms. The normalized spacial score (nSPS) is 13.9. The molecule has 0 bridgehead atoms. The van der Waals surface area contributed by atoms with Gasteiger partial charge in [0, 0.05) is 27.6 Å². The van der Waals surface area contributed by atoms with Crippen LogP contribution in [0, 0.1) is 0 Å². The smallest absolute Gasteiger partial charge is 0.0754 e. The number of nitrogens with zero attached hydrogens (tertiary/aromatic N) is 2. The second-order valence-corrected chi connectivity index (χ2v) is 19.9. The highest BCUT2D eigenvalue weighted by atomic mass is 15.1. The summed E-state index contributed by atoms with van der Waals surface area (Å²) < 4.78 is 2.52. The Kier molecular flexibility index (Phi) is 9.83. The summed E-state index contributed by atoms with van der Waals surface area (Å²) >= 11 is 0. The van der Waals surface area contributed by atoms with Gasteiger partial charge in [0.05, 0.1) is 33.5 Å². The van der Waals surface area contributed by atoms with Crippen LogP contribution in [0.4, 0.5) is 17.1 Å². The largest absolute Gasteiger partial charge is 0.309 e. The van der Waals surface area contributed by atoms with Gasteiger partial charge in [-0.25, -0.2) is 0 Å². The minimum atomic E-state index is -0.546. The fourth-order valence-electron chi connectivity index (χ4n) is 12.7. The summed E-state index contributed by atoms with van der Waals surface area (Å²) in [7, 11) is 0. The summed E-state index contributed by atoms with van der Waals surface area (Å²) in [4.78, 5) is 2.48. The summed E-state index contributed by atoms with van der Waals surface area (Å²) in [6.07, 6.45) is 0. The SMILES string of the molecule is c1ccc(-c2ccc(-c3ccccc3N(c3cccc(-c4ccc5c(c4)C4(c6ccccc6-5)c5ccccc5-n5c6ccccc6c6cccc4c65)c3)c3ccccc3-c3ccc(-c4ccccc4)cc3)cc2)cc1. The number of para-hydroxylation sites is 5. The molecule has 2 heteroatoms. The van der Waals surface area contributed by atoms with Gasteiger partial charge in [-0.2, -0.15) is 0 Å². The van der Waals surface area contributed by atoms with Gasteiger partial charge in [-0.1, -0.05) is 249 Å². The van der Waals surface area contributed by atoms with Crippen LogP contribution in [-0.4, -0.2) is 4.57 Å². The zero-order chi connectivity index (χ0) is 49.5. The second-order valence-electron chi connectivity index (χ2n) is 19.9. The van der Waals surface area contributed by atoms with Gasteiger partial charge in [-0.15, -0.1) is 0 Å². The van der Waals surface area contributed by atoms with Crippen LogP contribution in [0.25, 0.3) is 94.3 Å². The van der Waals surface area contributed by atoms with Gasteiger partial charge in [0.15, 0.2) is 0 Å². The van der Waals surface area contributed by atoms with E-state index in [9.17, 15) is 0 Å². The van der Waals surface area contributed by atoms with E-state index in [1.165, 1.54) is 88.7 Å². The van der Waals surface area contributed by atoms with E-state index in [0.717, 1.165) is 44.9 Å². The third-order valence-electron chi connectivity index (χ3n) is 16.0. The minimum absolute atomic E-state index is 0.546. The average molecular weight is 953 g/mol. The molecule has 350 valence electrons. The molecule has 15 rings (SSSR count). The van der Waals surface area contributed by atoms with Crippen molar-refractivity contribution < 1.29 is 0 Å². The summed E-state index contributed by atoms with van der Waals surface area (Å²) in [6, 6.07) is 108. The molecular formula is C73H48N2. The van der Waals surface area contributed by atoms with Gasteiger partial charge in [0.25, 0.3) is 0 Å². The predicted molar refractivity (Wildman–Crippen MR) is 314 cm³/mol. The van der Waals surface area contributed by atoms with Gasteiger partial charge >= 0.3 is 0 Å². The molecule has 0 radical (unpaired) electrons. The Labute approximate surface area is 437 Å². The van der Waals surface area contributed by atoms with Crippen molar-refractivity contribution in [3.63, 3.8) is 0 Å². The maximum absolute atomic E-state index is 2.52. The lowest BCUT2D eigenvalue weighted by Crippen LogP contribution is -2.33. The van der Waals surface area contributed by atoms with Crippen molar-refractivity contribution in [3.05, 3.63) is 313 Å². The first kappa shape index (κ1) is 42.9. The Morgan fingerprint density at radius 3 is 1.40 bits per heavy atom. The molecule has 0 N–H and O–H groups in total. The van der Waals surface area contributed by atoms with E-state index < -0.39 is 5.41 Å². The second kappa shape index (κ2) is 17.2. The van der Waals surface area contributed by atoms with Crippen molar-refractivity contribution >= 4 is 38.9 Å². The topological polar surface area (TPSA) is 8.17 Å². The number of aromatic nitrogens is 1. The van der Waals surface area contributed by atoms with Crippen molar-refractivity contribution in [1.82, 2.24) is 4.57 Å². The highest BCUT2D eigenvalue weighted by Crippen LogP contribution is 2.61. The summed E-state index contributed by atoms with van der Waals surface area (Å²) in [5, 5.41) is 2.56. The molecule has 75 heavy (non-hydrogen) atoms. The molecule has 2 aliphatic rings. The fraction of sp³-hybridized carbons (Fsp3) is 0.0137. The number of anilines is 3. The van der Waals surface area contributed by atoms with Crippen LogP contribution in [0.5, 0.6) is 0 Å². The minimum Gasteiger partial charge on any atom is -0.309 e. The Morgan fingerprint density at radius 2 is 0.720 bits per heavy atom. The highest BCUT2D eigenvalue weighted by molar-refractivity contribution is 6.13. The molecule has 2 heterocycles. The lowest BCUT2D eigenvalue weighted by Gasteiger charge is -2.39. The first-order valence-electron chi connectivity index (χ1n) is 26.0. The predicted octanol–water partition coefficient (Wildman–Crippen LogP) is 19.3. The van der Waals surface area contributed by atoms with Crippen molar-refractivity contribution in [1.29, 1.82) is 0 Å². The third-order valence-corrected chi connectivity index (χ3v) is 16.0. The molecule has 2 nitrogen and oxygen atoms in total. The van der Waals surface area contributed by atoms with Crippen molar-refractivity contribution in [3.8, 4) is 72.4 Å². The van der Waals surface area contributed by atoms with Crippen LogP contribution in [0.3, 0.4) is 0 Å². The van der Waals surface area contributed by atoms with Gasteiger partial charge in [0.1, 0.15) is 0 Å². The van der Waals surface area contributed by atoms with E-state index >= 15 is 0 Å². The molecule has 0 fully saturated rings. The molecule has 1 atom stereocenters. The van der Waals surface area contributed by atoms with Gasteiger partial charge < -0.3 is 9.47 Å². The molecule has 1 aromatic heterocycles. The van der Waals surface area contributed by atoms with E-state index in [4.69, 9.17) is 0 Å². The van der Waals surface area contributed by atoms with Crippen molar-refractivity contribution in [2.75, 3.05) is 4.90 Å². The van der Waals surface area contributed by atoms with Crippen LogP contribution in [0.2, 0.25) is 0 Å². The molecule has 0 saturated heterocycles. The van der Waals surface area contributed by atoms with Crippen LogP contribution in [0.15, 0.2) is 291 Å². The maximum Gasteiger partial charge on any atom is 0.0754 e. The van der Waals surface area contributed by atoms with Gasteiger partial charge in [-0.3, -0.25) is 0 Å². The lowest BCUT2D eigenvalue weighted by atomic mass is 9.65. The molecule has 0 saturated carbocycles. The highest BCUT2D eigenvalue weighted by Gasteiger charge is 2.50. The number of fused-ring (bicyclic) bond motifs is 12. The Hall–Kier alpha value is -9.76. The Bertz CT molecular complexity index is 4210. The molecular weight excluding hydrogens is 905 g/mol. The zero-order valence-corrected chi connectivity index (χ0v) is 41.1. The van der Waals surface area contributed by atoms with E-state index in [-0.39, 0.29) is 0 Å². The van der Waals surface area contributed by atoms with E-state index in [2.05, 4.69) is 301 Å². The van der Waals surface area contributed by atoms with Crippen molar-refractivity contribution in [2.45, 2.75) is 5.41 Å². The lowest BCUT2D eigenvalue weighted by molar-refractivity contribution is 0.749. The number of hydrogen-bond acceptors (Lipinski definition) is 1. The summed E-state index contributed by atoms with van der Waals surface area (Å²) in [5.41, 5.74) is 26.0. The monoisotopic (exact) mass is 952 g/mol. The number of hydrogen-bond donors (Lipinski definition) is 0. The zero-order valence-electron chi connectivity index (χ0n) is 41.1. The van der Waals surface area contributed by atoms with Gasteiger partial charge in [0.2, 0.25) is 0 Å². The van der Waals surface area contributed by atoms with Gasteiger partial charge in [-0.05, 0) is 120 Å². The number of benzene rings is 12. The van der Waals surface area contributed by atoms with Crippen LogP contribution in [-0.2, 0) is 5.41 Å².